The van der Waals surface area contributed by atoms with E-state index in [4.69, 9.17) is 0 Å². The minimum atomic E-state index is -0.442. The van der Waals surface area contributed by atoms with Crippen LogP contribution in [0.2, 0.25) is 0 Å². The number of halogens is 1. The lowest BCUT2D eigenvalue weighted by Gasteiger charge is -2.07. The van der Waals surface area contributed by atoms with Crippen LogP contribution in [0.5, 0.6) is 0 Å². The fourth-order valence-electron chi connectivity index (χ4n) is 2.87. The summed E-state index contributed by atoms with van der Waals surface area (Å²) in [5.41, 5.74) is 3.52. The third-order valence-corrected chi connectivity index (χ3v) is 4.34. The van der Waals surface area contributed by atoms with Gasteiger partial charge in [0.15, 0.2) is 0 Å². The molecule has 0 unspecified atom stereocenters. The summed E-state index contributed by atoms with van der Waals surface area (Å²) in [6.45, 7) is -0.190. The standard InChI is InChI=1S/C22H17FN4O2/c23-17-8-4-16(5-9-17)22(29)24-13-21(28)25-18-10-6-15(7-11-18)19-14-27-12-2-1-3-20(27)26-19/h1-12,14H,13H2,(H,24,29)(H,25,28). The highest BCUT2D eigenvalue weighted by Gasteiger charge is 2.09. The van der Waals surface area contributed by atoms with E-state index in [1.54, 1.807) is 12.1 Å². The minimum Gasteiger partial charge on any atom is -0.343 e. The number of rotatable bonds is 5. The predicted molar refractivity (Wildman–Crippen MR) is 108 cm³/mol. The Labute approximate surface area is 166 Å². The van der Waals surface area contributed by atoms with Gasteiger partial charge in [-0.05, 0) is 48.5 Å². The van der Waals surface area contributed by atoms with Gasteiger partial charge >= 0.3 is 0 Å². The van der Waals surface area contributed by atoms with Gasteiger partial charge in [-0.1, -0.05) is 18.2 Å². The predicted octanol–water partition coefficient (Wildman–Crippen LogP) is 3.51. The molecule has 2 aromatic carbocycles. The topological polar surface area (TPSA) is 75.5 Å². The zero-order valence-electron chi connectivity index (χ0n) is 15.3. The number of benzene rings is 2. The molecular weight excluding hydrogens is 371 g/mol. The molecule has 0 atom stereocenters. The molecule has 0 radical (unpaired) electrons. The van der Waals surface area contributed by atoms with Crippen LogP contribution in [0.3, 0.4) is 0 Å². The van der Waals surface area contributed by atoms with Crippen LogP contribution in [0.4, 0.5) is 10.1 Å². The molecule has 2 N–H and O–H groups in total. The molecule has 144 valence electrons. The quantitative estimate of drug-likeness (QED) is 0.549. The van der Waals surface area contributed by atoms with Crippen molar-refractivity contribution in [1.82, 2.24) is 14.7 Å². The fraction of sp³-hybridized carbons (Fsp3) is 0.0455. The summed E-state index contributed by atoms with van der Waals surface area (Å²) >= 11 is 0. The van der Waals surface area contributed by atoms with Crippen molar-refractivity contribution in [3.05, 3.63) is 90.5 Å². The summed E-state index contributed by atoms with van der Waals surface area (Å²) in [4.78, 5) is 28.6. The first kappa shape index (κ1) is 18.4. The Morgan fingerprint density at radius 1 is 0.966 bits per heavy atom. The van der Waals surface area contributed by atoms with E-state index < -0.39 is 11.7 Å². The van der Waals surface area contributed by atoms with Gasteiger partial charge in [0.2, 0.25) is 5.91 Å². The van der Waals surface area contributed by atoms with Gasteiger partial charge in [0, 0.05) is 29.2 Å². The second-order valence-electron chi connectivity index (χ2n) is 6.41. The number of carbonyl (C=O) groups is 2. The molecule has 7 heteroatoms. The molecular formula is C22H17FN4O2. The Bertz CT molecular complexity index is 1130. The number of nitrogens with zero attached hydrogens (tertiary/aromatic N) is 2. The van der Waals surface area contributed by atoms with Gasteiger partial charge in [-0.25, -0.2) is 9.37 Å². The van der Waals surface area contributed by atoms with E-state index in [0.717, 1.165) is 16.9 Å². The van der Waals surface area contributed by atoms with Crippen molar-refractivity contribution in [2.75, 3.05) is 11.9 Å². The average molecular weight is 388 g/mol. The minimum absolute atomic E-state index is 0.190. The Morgan fingerprint density at radius 3 is 2.45 bits per heavy atom. The van der Waals surface area contributed by atoms with Crippen LogP contribution in [0, 0.1) is 5.82 Å². The number of fused-ring (bicyclic) bond motifs is 1. The Hall–Kier alpha value is -4.00. The van der Waals surface area contributed by atoms with Crippen molar-refractivity contribution in [3.8, 4) is 11.3 Å². The van der Waals surface area contributed by atoms with Gasteiger partial charge in [-0.3, -0.25) is 9.59 Å². The summed E-state index contributed by atoms with van der Waals surface area (Å²) in [5.74, 6) is -1.23. The van der Waals surface area contributed by atoms with Crippen LogP contribution in [0.1, 0.15) is 10.4 Å². The largest absolute Gasteiger partial charge is 0.343 e. The van der Waals surface area contributed by atoms with Crippen LogP contribution in [0.25, 0.3) is 16.9 Å². The van der Waals surface area contributed by atoms with E-state index in [2.05, 4.69) is 15.6 Å². The van der Waals surface area contributed by atoms with Gasteiger partial charge in [-0.2, -0.15) is 0 Å². The highest BCUT2D eigenvalue weighted by atomic mass is 19.1. The van der Waals surface area contributed by atoms with Gasteiger partial charge in [-0.15, -0.1) is 0 Å². The molecule has 0 spiro atoms. The molecule has 6 nitrogen and oxygen atoms in total. The number of amides is 2. The molecule has 2 amide bonds. The first-order chi connectivity index (χ1) is 14.1. The summed E-state index contributed by atoms with van der Waals surface area (Å²) in [6.07, 6.45) is 3.87. The van der Waals surface area contributed by atoms with Crippen LogP contribution in [0.15, 0.2) is 79.1 Å². The number of hydrogen-bond acceptors (Lipinski definition) is 3. The molecule has 29 heavy (non-hydrogen) atoms. The zero-order chi connectivity index (χ0) is 20.2. The molecule has 4 rings (SSSR count). The lowest BCUT2D eigenvalue weighted by Crippen LogP contribution is -2.32. The molecule has 0 saturated heterocycles. The SMILES string of the molecule is O=C(CNC(=O)c1ccc(F)cc1)Nc1ccc(-c2cn3ccccc3n2)cc1. The third-order valence-electron chi connectivity index (χ3n) is 4.34. The maximum absolute atomic E-state index is 12.9. The average Bonchev–Trinajstić information content (AvgIpc) is 3.17. The van der Waals surface area contributed by atoms with Gasteiger partial charge in [0.25, 0.3) is 5.91 Å². The second kappa shape index (κ2) is 7.93. The number of nitrogens with one attached hydrogen (secondary N) is 2. The van der Waals surface area contributed by atoms with Crippen LogP contribution >= 0.6 is 0 Å². The van der Waals surface area contributed by atoms with Crippen LogP contribution < -0.4 is 10.6 Å². The molecule has 2 aromatic heterocycles. The molecule has 0 bridgehead atoms. The lowest BCUT2D eigenvalue weighted by molar-refractivity contribution is -0.115. The molecule has 4 aromatic rings. The Balaban J connectivity index is 1.35. The fourth-order valence-corrected chi connectivity index (χ4v) is 2.87. The Kier molecular flexibility index (Phi) is 5.03. The number of anilines is 1. The number of imidazole rings is 1. The van der Waals surface area contributed by atoms with Crippen molar-refractivity contribution in [2.45, 2.75) is 0 Å². The zero-order valence-corrected chi connectivity index (χ0v) is 15.3. The number of aromatic nitrogens is 2. The smallest absolute Gasteiger partial charge is 0.251 e. The van der Waals surface area contributed by atoms with E-state index in [1.165, 1.54) is 24.3 Å². The third kappa shape index (κ3) is 4.30. The van der Waals surface area contributed by atoms with Crippen molar-refractivity contribution in [1.29, 1.82) is 0 Å². The van der Waals surface area contributed by atoms with Crippen LogP contribution in [-0.2, 0) is 4.79 Å². The van der Waals surface area contributed by atoms with E-state index in [0.29, 0.717) is 5.69 Å². The Morgan fingerprint density at radius 2 is 1.72 bits per heavy atom. The molecule has 0 saturated carbocycles. The molecule has 0 aliphatic carbocycles. The number of pyridine rings is 1. The summed E-state index contributed by atoms with van der Waals surface area (Å²) in [6, 6.07) is 18.2. The molecule has 0 aliphatic rings. The van der Waals surface area contributed by atoms with E-state index in [-0.39, 0.29) is 18.0 Å². The van der Waals surface area contributed by atoms with E-state index in [1.807, 2.05) is 47.1 Å². The van der Waals surface area contributed by atoms with Gasteiger partial charge < -0.3 is 15.0 Å². The number of carbonyl (C=O) groups excluding carboxylic acids is 2. The van der Waals surface area contributed by atoms with Gasteiger partial charge in [0.05, 0.1) is 12.2 Å². The van der Waals surface area contributed by atoms with Gasteiger partial charge in [0.1, 0.15) is 11.5 Å². The van der Waals surface area contributed by atoms with Crippen molar-refractivity contribution < 1.29 is 14.0 Å². The monoisotopic (exact) mass is 388 g/mol. The number of hydrogen-bond donors (Lipinski definition) is 2. The molecule has 0 aliphatic heterocycles. The lowest BCUT2D eigenvalue weighted by atomic mass is 10.1. The maximum Gasteiger partial charge on any atom is 0.251 e. The summed E-state index contributed by atoms with van der Waals surface area (Å²) in [7, 11) is 0. The van der Waals surface area contributed by atoms with E-state index >= 15 is 0 Å². The summed E-state index contributed by atoms with van der Waals surface area (Å²) < 4.78 is 14.8. The van der Waals surface area contributed by atoms with Crippen molar-refractivity contribution >= 4 is 23.1 Å². The summed E-state index contributed by atoms with van der Waals surface area (Å²) in [5, 5.41) is 5.23. The maximum atomic E-state index is 12.9. The first-order valence-electron chi connectivity index (χ1n) is 8.96. The highest BCUT2D eigenvalue weighted by Crippen LogP contribution is 2.21. The van der Waals surface area contributed by atoms with E-state index in [9.17, 15) is 14.0 Å². The molecule has 0 fully saturated rings. The van der Waals surface area contributed by atoms with Crippen molar-refractivity contribution in [3.63, 3.8) is 0 Å². The van der Waals surface area contributed by atoms with Crippen LogP contribution in [-0.4, -0.2) is 27.7 Å². The highest BCUT2D eigenvalue weighted by molar-refractivity contribution is 5.99. The normalized spacial score (nSPS) is 10.7. The second-order valence-corrected chi connectivity index (χ2v) is 6.41. The van der Waals surface area contributed by atoms with Crippen molar-refractivity contribution in [2.24, 2.45) is 0 Å². The molecule has 2 heterocycles. The first-order valence-corrected chi connectivity index (χ1v) is 8.96.